The van der Waals surface area contributed by atoms with Crippen LogP contribution in [0.15, 0.2) is 41.9 Å². The number of rotatable bonds is 5. The van der Waals surface area contributed by atoms with Crippen LogP contribution in [0.25, 0.3) is 11.5 Å². The average Bonchev–Trinajstić information content (AvgIpc) is 3.06. The number of aromatic nitrogens is 5. The molecule has 0 atom stereocenters. The normalized spacial score (nSPS) is 10.6. The molecule has 0 aliphatic carbocycles. The van der Waals surface area contributed by atoms with Crippen LogP contribution >= 0.6 is 35.0 Å². The van der Waals surface area contributed by atoms with Crippen molar-refractivity contribution in [3.63, 3.8) is 0 Å². The maximum atomic E-state index is 12.0. The standard InChI is InChI=1S/C14H10Cl2N6OS/c15-8-2-1-3-9(16)12(8)19-11(23)7-24-14-20-13(21-22-14)10-6-17-4-5-18-10/h1-6H,7H2,(H,19,23)(H,20,21,22). The number of hydrogen-bond donors (Lipinski definition) is 2. The van der Waals surface area contributed by atoms with Gasteiger partial charge in [0, 0.05) is 12.4 Å². The molecule has 7 nitrogen and oxygen atoms in total. The van der Waals surface area contributed by atoms with Gasteiger partial charge in [-0.3, -0.25) is 14.9 Å². The third kappa shape index (κ3) is 4.02. The predicted octanol–water partition coefficient (Wildman–Crippen LogP) is 3.30. The number of benzene rings is 1. The highest BCUT2D eigenvalue weighted by Crippen LogP contribution is 2.30. The van der Waals surface area contributed by atoms with Crippen molar-refractivity contribution in [1.82, 2.24) is 25.1 Å². The summed E-state index contributed by atoms with van der Waals surface area (Å²) in [7, 11) is 0. The van der Waals surface area contributed by atoms with Crippen LogP contribution in [-0.4, -0.2) is 36.8 Å². The topological polar surface area (TPSA) is 96.5 Å². The molecule has 122 valence electrons. The van der Waals surface area contributed by atoms with Crippen molar-refractivity contribution in [3.8, 4) is 11.5 Å². The van der Waals surface area contributed by atoms with Crippen LogP contribution in [0.2, 0.25) is 10.0 Å². The number of nitrogens with one attached hydrogen (secondary N) is 2. The molecular formula is C14H10Cl2N6OS. The minimum absolute atomic E-state index is 0.110. The Hall–Kier alpha value is -2.16. The van der Waals surface area contributed by atoms with Crippen molar-refractivity contribution < 1.29 is 4.79 Å². The number of carbonyl (C=O) groups excluding carboxylic acids is 1. The number of anilines is 1. The van der Waals surface area contributed by atoms with Gasteiger partial charge in [0.05, 0.1) is 27.7 Å². The van der Waals surface area contributed by atoms with Crippen LogP contribution in [0, 0.1) is 0 Å². The van der Waals surface area contributed by atoms with Crippen molar-refractivity contribution in [1.29, 1.82) is 0 Å². The molecule has 0 spiro atoms. The summed E-state index contributed by atoms with van der Waals surface area (Å²) in [5.41, 5.74) is 0.964. The van der Waals surface area contributed by atoms with Gasteiger partial charge in [-0.05, 0) is 12.1 Å². The van der Waals surface area contributed by atoms with Crippen LogP contribution in [0.4, 0.5) is 5.69 Å². The summed E-state index contributed by atoms with van der Waals surface area (Å²) in [5.74, 6) is 0.334. The van der Waals surface area contributed by atoms with Gasteiger partial charge in [0.25, 0.3) is 0 Å². The molecule has 0 aliphatic rings. The molecule has 0 unspecified atom stereocenters. The van der Waals surface area contributed by atoms with Crippen molar-refractivity contribution in [2.75, 3.05) is 11.1 Å². The van der Waals surface area contributed by atoms with E-state index in [1.807, 2.05) is 0 Å². The second-order valence-corrected chi connectivity index (χ2v) is 6.25. The lowest BCUT2D eigenvalue weighted by Gasteiger charge is -2.08. The van der Waals surface area contributed by atoms with E-state index in [1.54, 1.807) is 36.8 Å². The summed E-state index contributed by atoms with van der Waals surface area (Å²) in [6.07, 6.45) is 4.70. The zero-order valence-corrected chi connectivity index (χ0v) is 14.4. The van der Waals surface area contributed by atoms with Gasteiger partial charge in [-0.2, -0.15) is 4.98 Å². The molecule has 10 heteroatoms. The Morgan fingerprint density at radius 1 is 1.25 bits per heavy atom. The lowest BCUT2D eigenvalue weighted by Crippen LogP contribution is -2.14. The summed E-state index contributed by atoms with van der Waals surface area (Å²) in [4.78, 5) is 24.4. The molecule has 24 heavy (non-hydrogen) atoms. The van der Waals surface area contributed by atoms with Crippen LogP contribution in [-0.2, 0) is 4.79 Å². The number of halogens is 2. The Kier molecular flexibility index (Phi) is 5.29. The largest absolute Gasteiger partial charge is 0.323 e. The van der Waals surface area contributed by atoms with Crippen LogP contribution < -0.4 is 5.32 Å². The zero-order valence-electron chi connectivity index (χ0n) is 12.0. The van der Waals surface area contributed by atoms with E-state index >= 15 is 0 Å². The van der Waals surface area contributed by atoms with Crippen molar-refractivity contribution in [2.24, 2.45) is 0 Å². The molecule has 1 aromatic carbocycles. The van der Waals surface area contributed by atoms with E-state index in [2.05, 4.69) is 30.5 Å². The number of nitrogens with zero attached hydrogens (tertiary/aromatic N) is 4. The van der Waals surface area contributed by atoms with E-state index in [9.17, 15) is 4.79 Å². The summed E-state index contributed by atoms with van der Waals surface area (Å²) < 4.78 is 0. The Balaban J connectivity index is 1.60. The third-order valence-corrected chi connectivity index (χ3v) is 4.31. The van der Waals surface area contributed by atoms with Crippen LogP contribution in [0.5, 0.6) is 0 Å². The third-order valence-electron chi connectivity index (χ3n) is 2.83. The van der Waals surface area contributed by atoms with Gasteiger partial charge < -0.3 is 5.32 Å². The predicted molar refractivity (Wildman–Crippen MR) is 93.2 cm³/mol. The zero-order chi connectivity index (χ0) is 16.9. The fourth-order valence-electron chi connectivity index (χ4n) is 1.77. The first-order valence-electron chi connectivity index (χ1n) is 6.69. The number of hydrogen-bond acceptors (Lipinski definition) is 6. The molecule has 2 aromatic heterocycles. The highest BCUT2D eigenvalue weighted by atomic mass is 35.5. The number of carbonyl (C=O) groups is 1. The Morgan fingerprint density at radius 3 is 2.75 bits per heavy atom. The minimum Gasteiger partial charge on any atom is -0.323 e. The van der Waals surface area contributed by atoms with Gasteiger partial charge in [0.2, 0.25) is 11.1 Å². The first kappa shape index (κ1) is 16.7. The van der Waals surface area contributed by atoms with Gasteiger partial charge in [-0.15, -0.1) is 5.10 Å². The number of aromatic amines is 1. The molecule has 2 N–H and O–H groups in total. The first-order valence-corrected chi connectivity index (χ1v) is 8.43. The minimum atomic E-state index is -0.263. The SMILES string of the molecule is O=C(CSc1n[nH]c(-c2cnccn2)n1)Nc1c(Cl)cccc1Cl. The summed E-state index contributed by atoms with van der Waals surface area (Å²) >= 11 is 13.2. The fourth-order valence-corrected chi connectivity index (χ4v) is 2.86. The molecule has 0 fully saturated rings. The van der Waals surface area contributed by atoms with E-state index in [0.717, 1.165) is 0 Å². The Bertz CT molecular complexity index is 837. The van der Waals surface area contributed by atoms with Gasteiger partial charge in [0.15, 0.2) is 5.82 Å². The molecule has 0 bridgehead atoms. The quantitative estimate of drug-likeness (QED) is 0.659. The molecule has 0 radical (unpaired) electrons. The lowest BCUT2D eigenvalue weighted by molar-refractivity contribution is -0.113. The Morgan fingerprint density at radius 2 is 2.04 bits per heavy atom. The monoisotopic (exact) mass is 380 g/mol. The van der Waals surface area contributed by atoms with Crippen molar-refractivity contribution in [2.45, 2.75) is 5.16 Å². The number of thioether (sulfide) groups is 1. The van der Waals surface area contributed by atoms with Gasteiger partial charge >= 0.3 is 0 Å². The number of amides is 1. The van der Waals surface area contributed by atoms with E-state index in [4.69, 9.17) is 23.2 Å². The highest BCUT2D eigenvalue weighted by Gasteiger charge is 2.12. The van der Waals surface area contributed by atoms with Gasteiger partial charge in [-0.1, -0.05) is 41.0 Å². The van der Waals surface area contributed by atoms with Gasteiger partial charge in [0.1, 0.15) is 5.69 Å². The second kappa shape index (κ2) is 7.61. The van der Waals surface area contributed by atoms with E-state index < -0.39 is 0 Å². The molecule has 1 amide bonds. The molecule has 2 heterocycles. The number of para-hydroxylation sites is 1. The van der Waals surface area contributed by atoms with Crippen LogP contribution in [0.1, 0.15) is 0 Å². The maximum absolute atomic E-state index is 12.0. The molecule has 0 aliphatic heterocycles. The average molecular weight is 381 g/mol. The summed E-state index contributed by atoms with van der Waals surface area (Å²) in [5, 5.41) is 10.6. The highest BCUT2D eigenvalue weighted by molar-refractivity contribution is 7.99. The van der Waals surface area contributed by atoms with Crippen molar-refractivity contribution >= 4 is 46.6 Å². The van der Waals surface area contributed by atoms with Crippen LogP contribution in [0.3, 0.4) is 0 Å². The van der Waals surface area contributed by atoms with Crippen molar-refractivity contribution in [3.05, 3.63) is 46.8 Å². The molecule has 0 saturated carbocycles. The first-order chi connectivity index (χ1) is 11.6. The Labute approximate surface area is 151 Å². The maximum Gasteiger partial charge on any atom is 0.234 e. The smallest absolute Gasteiger partial charge is 0.234 e. The van der Waals surface area contributed by atoms with E-state index in [1.165, 1.54) is 11.8 Å². The van der Waals surface area contributed by atoms with Gasteiger partial charge in [-0.25, -0.2) is 4.98 Å². The summed E-state index contributed by atoms with van der Waals surface area (Å²) in [6, 6.07) is 5.01. The molecule has 0 saturated heterocycles. The molecule has 3 aromatic rings. The summed E-state index contributed by atoms with van der Waals surface area (Å²) in [6.45, 7) is 0. The molecule has 3 rings (SSSR count). The van der Waals surface area contributed by atoms with E-state index in [-0.39, 0.29) is 11.7 Å². The molecular weight excluding hydrogens is 371 g/mol. The van der Waals surface area contributed by atoms with E-state index in [0.29, 0.717) is 32.4 Å². The lowest BCUT2D eigenvalue weighted by atomic mass is 10.3. The second-order valence-electron chi connectivity index (χ2n) is 4.49. The number of H-pyrrole nitrogens is 1. The fraction of sp³-hybridized carbons (Fsp3) is 0.0714.